The van der Waals surface area contributed by atoms with Crippen molar-refractivity contribution in [3.63, 3.8) is 0 Å². The maximum Gasteiger partial charge on any atom is -0.00828 e. The number of hydrogen-bond acceptors (Lipinski definition) is 0. The Kier molecular flexibility index (Phi) is 3.55. The van der Waals surface area contributed by atoms with Gasteiger partial charge in [0.15, 0.2) is 0 Å². The highest BCUT2D eigenvalue weighted by Crippen LogP contribution is 2.67. The van der Waals surface area contributed by atoms with Crippen LogP contribution in [0.1, 0.15) is 85.5 Å². The Labute approximate surface area is 138 Å². The molecule has 3 saturated carbocycles. The van der Waals surface area contributed by atoms with Crippen molar-refractivity contribution in [1.82, 2.24) is 0 Å². The van der Waals surface area contributed by atoms with Gasteiger partial charge in [-0.25, -0.2) is 0 Å². The van der Waals surface area contributed by atoms with Gasteiger partial charge in [-0.1, -0.05) is 45.8 Å². The highest BCUT2D eigenvalue weighted by molar-refractivity contribution is 5.24. The first kappa shape index (κ1) is 15.3. The molecule has 0 nitrogen and oxygen atoms in total. The zero-order chi connectivity index (χ0) is 15.5. The van der Waals surface area contributed by atoms with E-state index in [4.69, 9.17) is 0 Å². The number of fused-ring (bicyclic) bond motifs is 5. The van der Waals surface area contributed by atoms with Crippen LogP contribution in [0.3, 0.4) is 0 Å². The molecule has 0 aliphatic heterocycles. The minimum Gasteiger partial charge on any atom is -0.0845 e. The summed E-state index contributed by atoms with van der Waals surface area (Å²) in [6.45, 7) is 10.3. The molecule has 124 valence electrons. The molecule has 0 aromatic carbocycles. The monoisotopic (exact) mass is 300 g/mol. The summed E-state index contributed by atoms with van der Waals surface area (Å²) in [5.74, 6) is 5.03. The van der Waals surface area contributed by atoms with E-state index in [0.717, 1.165) is 29.6 Å². The molecule has 4 aliphatic rings. The summed E-state index contributed by atoms with van der Waals surface area (Å²) in [7, 11) is 0. The van der Waals surface area contributed by atoms with Gasteiger partial charge < -0.3 is 0 Å². The fourth-order valence-corrected chi connectivity index (χ4v) is 7.87. The van der Waals surface area contributed by atoms with Gasteiger partial charge in [0.05, 0.1) is 0 Å². The molecule has 0 heteroatoms. The van der Waals surface area contributed by atoms with Gasteiger partial charge in [-0.15, -0.1) is 0 Å². The summed E-state index contributed by atoms with van der Waals surface area (Å²) in [6.07, 6.45) is 15.9. The van der Waals surface area contributed by atoms with E-state index in [2.05, 4.69) is 33.8 Å². The van der Waals surface area contributed by atoms with Crippen molar-refractivity contribution in [2.45, 2.75) is 85.5 Å². The summed E-state index contributed by atoms with van der Waals surface area (Å²) in [5, 5.41) is 0. The molecule has 0 saturated heterocycles. The minimum atomic E-state index is 0.562. The van der Waals surface area contributed by atoms with Gasteiger partial charge in [0.25, 0.3) is 0 Å². The molecule has 22 heavy (non-hydrogen) atoms. The van der Waals surface area contributed by atoms with E-state index in [1.165, 1.54) is 51.4 Å². The van der Waals surface area contributed by atoms with Crippen molar-refractivity contribution in [2.75, 3.05) is 0 Å². The molecular weight excluding hydrogens is 264 g/mol. The fraction of sp³-hybridized carbons (Fsp3) is 0.909. The van der Waals surface area contributed by atoms with E-state index in [0.29, 0.717) is 10.8 Å². The predicted octanol–water partition coefficient (Wildman–Crippen LogP) is 6.61. The molecule has 7 atom stereocenters. The Morgan fingerprint density at radius 3 is 2.68 bits per heavy atom. The summed E-state index contributed by atoms with van der Waals surface area (Å²) < 4.78 is 0. The quantitative estimate of drug-likeness (QED) is 0.478. The van der Waals surface area contributed by atoms with Crippen molar-refractivity contribution in [2.24, 2.45) is 40.4 Å². The van der Waals surface area contributed by atoms with Crippen LogP contribution in [0.2, 0.25) is 0 Å². The Balaban J connectivity index is 1.66. The second-order valence-electron chi connectivity index (χ2n) is 9.83. The Bertz CT molecular complexity index is 474. The van der Waals surface area contributed by atoms with Gasteiger partial charge in [0, 0.05) is 0 Å². The Morgan fingerprint density at radius 1 is 1.09 bits per heavy atom. The third-order valence-corrected chi connectivity index (χ3v) is 8.96. The molecule has 3 fully saturated rings. The molecule has 0 N–H and O–H groups in total. The van der Waals surface area contributed by atoms with E-state index in [1.54, 1.807) is 6.42 Å². The number of allylic oxidation sites excluding steroid dienone is 2. The standard InChI is InChI=1S/C22H36/c1-5-16-9-11-19-18-10-8-17-7-6-15(2)14-22(17,4)20(18)12-13-21(16,19)3/h7,15-16,18-20H,5-6,8-14H2,1-4H3/t15-,16-,18-,19-,20-,21+,22-/m0/s1. The first-order valence-electron chi connectivity index (χ1n) is 10.2. The van der Waals surface area contributed by atoms with E-state index < -0.39 is 0 Å². The molecule has 4 rings (SSSR count). The normalized spacial score (nSPS) is 54.2. The zero-order valence-electron chi connectivity index (χ0n) is 15.3. The summed E-state index contributed by atoms with van der Waals surface area (Å²) >= 11 is 0. The van der Waals surface area contributed by atoms with Gasteiger partial charge >= 0.3 is 0 Å². The summed E-state index contributed by atoms with van der Waals surface area (Å²) in [4.78, 5) is 0. The van der Waals surface area contributed by atoms with Gasteiger partial charge in [-0.2, -0.15) is 0 Å². The van der Waals surface area contributed by atoms with Gasteiger partial charge in [0.2, 0.25) is 0 Å². The third-order valence-electron chi connectivity index (χ3n) is 8.96. The maximum absolute atomic E-state index is 2.67. The largest absolute Gasteiger partial charge is 0.0845 e. The smallest absolute Gasteiger partial charge is 0.00828 e. The van der Waals surface area contributed by atoms with Crippen molar-refractivity contribution in [3.8, 4) is 0 Å². The average Bonchev–Trinajstić information content (AvgIpc) is 2.82. The Hall–Kier alpha value is -0.260. The van der Waals surface area contributed by atoms with E-state index in [-0.39, 0.29) is 0 Å². The van der Waals surface area contributed by atoms with Crippen LogP contribution in [0.25, 0.3) is 0 Å². The highest BCUT2D eigenvalue weighted by atomic mass is 14.6. The maximum atomic E-state index is 2.67. The van der Waals surface area contributed by atoms with Gasteiger partial charge in [-0.3, -0.25) is 0 Å². The topological polar surface area (TPSA) is 0 Å². The average molecular weight is 301 g/mol. The first-order chi connectivity index (χ1) is 10.5. The van der Waals surface area contributed by atoms with Crippen LogP contribution >= 0.6 is 0 Å². The predicted molar refractivity (Wildman–Crippen MR) is 94.6 cm³/mol. The van der Waals surface area contributed by atoms with Crippen molar-refractivity contribution >= 4 is 0 Å². The zero-order valence-corrected chi connectivity index (χ0v) is 15.3. The van der Waals surface area contributed by atoms with Crippen LogP contribution in [0, 0.1) is 40.4 Å². The Morgan fingerprint density at radius 2 is 1.91 bits per heavy atom. The molecule has 0 radical (unpaired) electrons. The van der Waals surface area contributed by atoms with E-state index >= 15 is 0 Å². The molecule has 4 aliphatic carbocycles. The van der Waals surface area contributed by atoms with Crippen LogP contribution in [-0.4, -0.2) is 0 Å². The third kappa shape index (κ3) is 1.94. The lowest BCUT2D eigenvalue weighted by atomic mass is 9.46. The molecule has 0 spiro atoms. The van der Waals surface area contributed by atoms with E-state index in [9.17, 15) is 0 Å². The second-order valence-corrected chi connectivity index (χ2v) is 9.83. The minimum absolute atomic E-state index is 0.562. The van der Waals surface area contributed by atoms with Crippen molar-refractivity contribution < 1.29 is 0 Å². The van der Waals surface area contributed by atoms with Crippen LogP contribution in [-0.2, 0) is 0 Å². The van der Waals surface area contributed by atoms with Crippen molar-refractivity contribution in [1.29, 1.82) is 0 Å². The molecule has 0 aromatic heterocycles. The molecule has 0 amide bonds. The summed E-state index contributed by atoms with van der Waals surface area (Å²) in [6, 6.07) is 0. The molecular formula is C22H36. The van der Waals surface area contributed by atoms with Gasteiger partial charge in [-0.05, 0) is 91.8 Å². The van der Waals surface area contributed by atoms with Crippen LogP contribution < -0.4 is 0 Å². The molecule has 0 heterocycles. The van der Waals surface area contributed by atoms with E-state index in [1.807, 2.05) is 5.57 Å². The number of rotatable bonds is 1. The van der Waals surface area contributed by atoms with Crippen LogP contribution in [0.15, 0.2) is 11.6 Å². The fourth-order valence-electron chi connectivity index (χ4n) is 7.87. The molecule has 0 unspecified atom stereocenters. The van der Waals surface area contributed by atoms with Crippen molar-refractivity contribution in [3.05, 3.63) is 11.6 Å². The summed E-state index contributed by atoms with van der Waals surface area (Å²) in [5.41, 5.74) is 3.11. The molecule has 0 bridgehead atoms. The van der Waals surface area contributed by atoms with Crippen LogP contribution in [0.5, 0.6) is 0 Å². The lowest BCUT2D eigenvalue weighted by Gasteiger charge is -2.59. The SMILES string of the molecule is CC[C@H]1CC[C@H]2[C@@H]3CCC4=CC[C@H](C)C[C@]4(C)[C@H]3CC[C@]12C. The lowest BCUT2D eigenvalue weighted by Crippen LogP contribution is -2.50. The lowest BCUT2D eigenvalue weighted by molar-refractivity contribution is -0.0554. The first-order valence-corrected chi connectivity index (χ1v) is 10.2. The second kappa shape index (κ2) is 5.12. The van der Waals surface area contributed by atoms with Gasteiger partial charge in [0.1, 0.15) is 0 Å². The number of hydrogen-bond donors (Lipinski definition) is 0. The van der Waals surface area contributed by atoms with Crippen LogP contribution in [0.4, 0.5) is 0 Å². The highest BCUT2D eigenvalue weighted by Gasteiger charge is 2.58. The molecule has 0 aromatic rings.